The summed E-state index contributed by atoms with van der Waals surface area (Å²) in [5.74, 6) is -0.366. The molecule has 2 rings (SSSR count). The summed E-state index contributed by atoms with van der Waals surface area (Å²) in [6.45, 7) is 1.80. The van der Waals surface area contributed by atoms with Crippen molar-refractivity contribution in [2.75, 3.05) is 7.11 Å². The van der Waals surface area contributed by atoms with Crippen LogP contribution in [0.3, 0.4) is 0 Å². The van der Waals surface area contributed by atoms with Gasteiger partial charge in [0, 0.05) is 0 Å². The molecule has 0 heterocycles. The third-order valence-corrected chi connectivity index (χ3v) is 2.89. The summed E-state index contributed by atoms with van der Waals surface area (Å²) in [4.78, 5) is 4.73. The van der Waals surface area contributed by atoms with E-state index in [0.29, 0.717) is 5.71 Å². The summed E-state index contributed by atoms with van der Waals surface area (Å²) >= 11 is 0. The molecule has 1 atom stereocenters. The Morgan fingerprint density at radius 2 is 1.94 bits per heavy atom. The molecular formula is C15H14N2O. The van der Waals surface area contributed by atoms with Gasteiger partial charge in [-0.3, -0.25) is 0 Å². The van der Waals surface area contributed by atoms with Crippen LogP contribution in [-0.4, -0.2) is 12.8 Å². The van der Waals surface area contributed by atoms with Gasteiger partial charge in [0.1, 0.15) is 13.0 Å². The average molecular weight is 238 g/mol. The largest absolute Gasteiger partial charge is 0.399 e. The first kappa shape index (κ1) is 12.1. The summed E-state index contributed by atoms with van der Waals surface area (Å²) in [6.07, 6.45) is 0. The predicted octanol–water partition coefficient (Wildman–Crippen LogP) is 3.47. The van der Waals surface area contributed by atoms with Crippen LogP contribution in [0.25, 0.3) is 10.8 Å². The quantitative estimate of drug-likeness (QED) is 0.607. The number of oxime groups is 1. The second-order valence-corrected chi connectivity index (χ2v) is 4.08. The number of hydrogen-bond donors (Lipinski definition) is 0. The van der Waals surface area contributed by atoms with Gasteiger partial charge < -0.3 is 4.84 Å². The molecule has 0 aliphatic rings. The molecule has 2 aromatic rings. The van der Waals surface area contributed by atoms with Crippen LogP contribution in [0, 0.1) is 11.3 Å². The molecule has 2 aromatic carbocycles. The molecule has 3 heteroatoms. The Bertz CT molecular complexity index is 626. The van der Waals surface area contributed by atoms with E-state index < -0.39 is 0 Å². The first-order valence-corrected chi connectivity index (χ1v) is 5.72. The third kappa shape index (κ3) is 2.33. The van der Waals surface area contributed by atoms with E-state index in [9.17, 15) is 5.26 Å². The van der Waals surface area contributed by atoms with Crippen molar-refractivity contribution >= 4 is 16.5 Å². The second-order valence-electron chi connectivity index (χ2n) is 4.08. The van der Waals surface area contributed by atoms with Crippen molar-refractivity contribution in [3.8, 4) is 6.07 Å². The Morgan fingerprint density at radius 1 is 1.22 bits per heavy atom. The van der Waals surface area contributed by atoms with Crippen LogP contribution in [0.2, 0.25) is 0 Å². The van der Waals surface area contributed by atoms with Crippen LogP contribution in [0.5, 0.6) is 0 Å². The van der Waals surface area contributed by atoms with Gasteiger partial charge in [0.15, 0.2) is 0 Å². The van der Waals surface area contributed by atoms with Crippen molar-refractivity contribution in [1.29, 1.82) is 5.26 Å². The minimum atomic E-state index is -0.366. The Kier molecular flexibility index (Phi) is 3.59. The Labute approximate surface area is 106 Å². The van der Waals surface area contributed by atoms with Gasteiger partial charge in [-0.2, -0.15) is 5.26 Å². The van der Waals surface area contributed by atoms with E-state index in [2.05, 4.69) is 17.3 Å². The standard InChI is InChI=1S/C15H14N2O/c1-11(17-18-2)15(10-16)14-8-7-12-5-3-4-6-13(12)9-14/h3-9,15H,1-2H3/b17-11+. The first-order chi connectivity index (χ1) is 8.76. The molecule has 0 N–H and O–H groups in total. The van der Waals surface area contributed by atoms with Crippen LogP contribution in [0.15, 0.2) is 47.6 Å². The number of nitriles is 1. The molecule has 0 amide bonds. The maximum Gasteiger partial charge on any atom is 0.112 e. The Hall–Kier alpha value is -2.34. The lowest BCUT2D eigenvalue weighted by Crippen LogP contribution is -2.07. The van der Waals surface area contributed by atoms with E-state index in [0.717, 1.165) is 10.9 Å². The molecule has 0 bridgehead atoms. The van der Waals surface area contributed by atoms with Crippen LogP contribution >= 0.6 is 0 Å². The number of fused-ring (bicyclic) bond motifs is 1. The van der Waals surface area contributed by atoms with Crippen LogP contribution in [0.1, 0.15) is 18.4 Å². The summed E-state index contributed by atoms with van der Waals surface area (Å²) in [5, 5.41) is 15.4. The second kappa shape index (κ2) is 5.33. The molecule has 0 aliphatic heterocycles. The highest BCUT2D eigenvalue weighted by atomic mass is 16.6. The molecule has 1 unspecified atom stereocenters. The van der Waals surface area contributed by atoms with Crippen molar-refractivity contribution in [3.05, 3.63) is 48.0 Å². The smallest absolute Gasteiger partial charge is 0.112 e. The minimum absolute atomic E-state index is 0.366. The van der Waals surface area contributed by atoms with Crippen LogP contribution < -0.4 is 0 Å². The summed E-state index contributed by atoms with van der Waals surface area (Å²) in [5.41, 5.74) is 1.60. The maximum absolute atomic E-state index is 9.26. The zero-order valence-electron chi connectivity index (χ0n) is 10.4. The monoisotopic (exact) mass is 238 g/mol. The van der Waals surface area contributed by atoms with Crippen LogP contribution in [0.4, 0.5) is 0 Å². The highest BCUT2D eigenvalue weighted by molar-refractivity contribution is 5.92. The number of nitrogens with zero attached hydrogens (tertiary/aromatic N) is 2. The number of rotatable bonds is 3. The van der Waals surface area contributed by atoms with Gasteiger partial charge in [-0.1, -0.05) is 41.6 Å². The third-order valence-electron chi connectivity index (χ3n) is 2.89. The highest BCUT2D eigenvalue weighted by Gasteiger charge is 2.15. The van der Waals surface area contributed by atoms with Crippen molar-refractivity contribution < 1.29 is 4.84 Å². The molecule has 0 saturated carbocycles. The summed E-state index contributed by atoms with van der Waals surface area (Å²) in [6, 6.07) is 16.3. The van der Waals surface area contributed by atoms with E-state index in [-0.39, 0.29) is 5.92 Å². The maximum atomic E-state index is 9.26. The number of benzene rings is 2. The van der Waals surface area contributed by atoms with E-state index in [4.69, 9.17) is 4.84 Å². The van der Waals surface area contributed by atoms with E-state index in [1.165, 1.54) is 12.5 Å². The zero-order valence-corrected chi connectivity index (χ0v) is 10.4. The van der Waals surface area contributed by atoms with Crippen molar-refractivity contribution in [3.63, 3.8) is 0 Å². The van der Waals surface area contributed by atoms with Gasteiger partial charge >= 0.3 is 0 Å². The van der Waals surface area contributed by atoms with Crippen LogP contribution in [-0.2, 0) is 4.84 Å². The summed E-state index contributed by atoms with van der Waals surface area (Å²) in [7, 11) is 1.48. The van der Waals surface area contributed by atoms with Gasteiger partial charge in [0.25, 0.3) is 0 Å². The molecule has 0 aromatic heterocycles. The normalized spacial score (nSPS) is 13.1. The lowest BCUT2D eigenvalue weighted by atomic mass is 9.94. The molecular weight excluding hydrogens is 224 g/mol. The van der Waals surface area contributed by atoms with Gasteiger partial charge in [-0.25, -0.2) is 0 Å². The highest BCUT2D eigenvalue weighted by Crippen LogP contribution is 2.22. The summed E-state index contributed by atoms with van der Waals surface area (Å²) < 4.78 is 0. The fraction of sp³-hybridized carbons (Fsp3) is 0.200. The van der Waals surface area contributed by atoms with E-state index in [1.54, 1.807) is 6.92 Å². The predicted molar refractivity (Wildman–Crippen MR) is 72.4 cm³/mol. The molecule has 0 spiro atoms. The first-order valence-electron chi connectivity index (χ1n) is 5.72. The molecule has 0 saturated heterocycles. The van der Waals surface area contributed by atoms with Crippen molar-refractivity contribution in [2.45, 2.75) is 12.8 Å². The van der Waals surface area contributed by atoms with Crippen molar-refractivity contribution in [2.24, 2.45) is 5.16 Å². The molecule has 3 nitrogen and oxygen atoms in total. The minimum Gasteiger partial charge on any atom is -0.399 e. The fourth-order valence-corrected chi connectivity index (χ4v) is 1.99. The Morgan fingerprint density at radius 3 is 2.61 bits per heavy atom. The Balaban J connectivity index is 2.47. The average Bonchev–Trinajstić information content (AvgIpc) is 2.40. The van der Waals surface area contributed by atoms with Gasteiger partial charge in [-0.05, 0) is 29.3 Å². The zero-order chi connectivity index (χ0) is 13.0. The van der Waals surface area contributed by atoms with E-state index >= 15 is 0 Å². The molecule has 18 heavy (non-hydrogen) atoms. The van der Waals surface area contributed by atoms with Crippen molar-refractivity contribution in [1.82, 2.24) is 0 Å². The van der Waals surface area contributed by atoms with E-state index in [1.807, 2.05) is 36.4 Å². The molecule has 0 radical (unpaired) electrons. The lowest BCUT2D eigenvalue weighted by molar-refractivity contribution is 0.212. The molecule has 90 valence electrons. The topological polar surface area (TPSA) is 45.4 Å². The van der Waals surface area contributed by atoms with Gasteiger partial charge in [0.2, 0.25) is 0 Å². The molecule has 0 aliphatic carbocycles. The van der Waals surface area contributed by atoms with Gasteiger partial charge in [0.05, 0.1) is 11.8 Å². The fourth-order valence-electron chi connectivity index (χ4n) is 1.99. The molecule has 0 fully saturated rings. The number of hydrogen-bond acceptors (Lipinski definition) is 3. The van der Waals surface area contributed by atoms with Gasteiger partial charge in [-0.15, -0.1) is 0 Å². The SMILES string of the molecule is CO/N=C(\C)C(C#N)c1ccc2ccccc2c1. The lowest BCUT2D eigenvalue weighted by Gasteiger charge is -2.09.